The first-order valence-electron chi connectivity index (χ1n) is 10.2. The quantitative estimate of drug-likeness (QED) is 0.391. The van der Waals surface area contributed by atoms with Gasteiger partial charge in [0.2, 0.25) is 0 Å². The molecule has 3 N–H and O–H groups in total. The van der Waals surface area contributed by atoms with Crippen LogP contribution >= 0.6 is 0 Å². The molecule has 0 aromatic heterocycles. The summed E-state index contributed by atoms with van der Waals surface area (Å²) in [5.41, 5.74) is 6.88. The molecule has 0 radical (unpaired) electrons. The van der Waals surface area contributed by atoms with Crippen molar-refractivity contribution in [3.63, 3.8) is 0 Å². The van der Waals surface area contributed by atoms with E-state index in [1.165, 1.54) is 70.6 Å². The zero-order chi connectivity index (χ0) is 17.5. The summed E-state index contributed by atoms with van der Waals surface area (Å²) in [4.78, 5) is 0. The van der Waals surface area contributed by atoms with Crippen molar-refractivity contribution in [3.05, 3.63) is 35.9 Å². The summed E-state index contributed by atoms with van der Waals surface area (Å²) in [7, 11) is 0. The van der Waals surface area contributed by atoms with E-state index >= 15 is 0 Å². The van der Waals surface area contributed by atoms with Crippen LogP contribution in [0.4, 0.5) is 0 Å². The second kappa shape index (κ2) is 13.4. The van der Waals surface area contributed by atoms with E-state index in [-0.39, 0.29) is 6.61 Å². The Kier molecular flexibility index (Phi) is 11.9. The maximum atomic E-state index is 9.69. The molecule has 0 unspecified atom stereocenters. The van der Waals surface area contributed by atoms with Crippen molar-refractivity contribution in [1.29, 1.82) is 0 Å². The molecule has 0 heterocycles. The Morgan fingerprint density at radius 2 is 1.21 bits per heavy atom. The highest BCUT2D eigenvalue weighted by Crippen LogP contribution is 2.24. The Bertz CT molecular complexity index is 392. The number of unbranched alkanes of at least 4 members (excludes halogenated alkanes) is 11. The average molecular weight is 334 g/mol. The number of hydrogen-bond acceptors (Lipinski definition) is 2. The van der Waals surface area contributed by atoms with Crippen molar-refractivity contribution in [2.45, 2.75) is 95.9 Å². The van der Waals surface area contributed by atoms with Crippen molar-refractivity contribution in [2.75, 3.05) is 6.61 Å². The number of aliphatic hydroxyl groups is 1. The van der Waals surface area contributed by atoms with Crippen molar-refractivity contribution in [1.82, 2.24) is 0 Å². The van der Waals surface area contributed by atoms with E-state index in [0.717, 1.165) is 18.4 Å². The lowest BCUT2D eigenvalue weighted by atomic mass is 9.86. The number of nitrogens with two attached hydrogens (primary N) is 1. The molecule has 1 atom stereocenters. The Hall–Kier alpha value is -0.860. The van der Waals surface area contributed by atoms with E-state index < -0.39 is 5.54 Å². The summed E-state index contributed by atoms with van der Waals surface area (Å²) >= 11 is 0. The minimum Gasteiger partial charge on any atom is -0.394 e. The van der Waals surface area contributed by atoms with Crippen LogP contribution < -0.4 is 5.73 Å². The fourth-order valence-electron chi connectivity index (χ4n) is 3.37. The average Bonchev–Trinajstić information content (AvgIpc) is 2.63. The molecule has 0 saturated heterocycles. The maximum Gasteiger partial charge on any atom is 0.0653 e. The zero-order valence-corrected chi connectivity index (χ0v) is 15.8. The molecular formula is C22H39NO. The molecule has 0 aliphatic heterocycles. The van der Waals surface area contributed by atoms with Crippen LogP contribution in [0.15, 0.2) is 30.3 Å². The SMILES string of the molecule is CCCCCCCCCCCCCC[C@](N)(CO)c1ccccc1. The van der Waals surface area contributed by atoms with Gasteiger partial charge in [0, 0.05) is 0 Å². The van der Waals surface area contributed by atoms with E-state index in [9.17, 15) is 5.11 Å². The normalized spacial score (nSPS) is 13.8. The van der Waals surface area contributed by atoms with Crippen LogP contribution in [0.2, 0.25) is 0 Å². The summed E-state index contributed by atoms with van der Waals surface area (Å²) in [6.45, 7) is 2.30. The predicted molar refractivity (Wildman–Crippen MR) is 105 cm³/mol. The van der Waals surface area contributed by atoms with E-state index in [1.807, 2.05) is 30.3 Å². The standard InChI is InChI=1S/C22H39NO/c1-2-3-4-5-6-7-8-9-10-11-12-16-19-22(23,20-24)21-17-14-13-15-18-21/h13-15,17-18,24H,2-12,16,19-20,23H2,1H3/t22-/m0/s1. The lowest BCUT2D eigenvalue weighted by Gasteiger charge is -2.28. The molecule has 1 aromatic rings. The van der Waals surface area contributed by atoms with Gasteiger partial charge in [-0.25, -0.2) is 0 Å². The number of rotatable bonds is 15. The van der Waals surface area contributed by atoms with Gasteiger partial charge < -0.3 is 10.8 Å². The van der Waals surface area contributed by atoms with Gasteiger partial charge in [0.25, 0.3) is 0 Å². The van der Waals surface area contributed by atoms with Crippen LogP contribution in [0, 0.1) is 0 Å². The largest absolute Gasteiger partial charge is 0.394 e. The first-order valence-corrected chi connectivity index (χ1v) is 10.2. The summed E-state index contributed by atoms with van der Waals surface area (Å²) in [5.74, 6) is 0. The van der Waals surface area contributed by atoms with Crippen LogP contribution in [0.3, 0.4) is 0 Å². The third-order valence-corrected chi connectivity index (χ3v) is 5.11. The molecule has 0 bridgehead atoms. The second-order valence-corrected chi connectivity index (χ2v) is 7.32. The lowest BCUT2D eigenvalue weighted by molar-refractivity contribution is 0.184. The van der Waals surface area contributed by atoms with Crippen molar-refractivity contribution in [3.8, 4) is 0 Å². The highest BCUT2D eigenvalue weighted by Gasteiger charge is 2.25. The van der Waals surface area contributed by atoms with Crippen molar-refractivity contribution in [2.24, 2.45) is 5.73 Å². The third-order valence-electron chi connectivity index (χ3n) is 5.11. The van der Waals surface area contributed by atoms with Gasteiger partial charge in [-0.15, -0.1) is 0 Å². The van der Waals surface area contributed by atoms with Gasteiger partial charge in [-0.05, 0) is 12.0 Å². The Balaban J connectivity index is 2.01. The number of hydrogen-bond donors (Lipinski definition) is 2. The van der Waals surface area contributed by atoms with Crippen molar-refractivity contribution >= 4 is 0 Å². The smallest absolute Gasteiger partial charge is 0.0653 e. The van der Waals surface area contributed by atoms with E-state index in [1.54, 1.807) is 0 Å². The van der Waals surface area contributed by atoms with Gasteiger partial charge in [0.1, 0.15) is 0 Å². The van der Waals surface area contributed by atoms with Crippen LogP contribution in [0.5, 0.6) is 0 Å². The molecule has 1 aromatic carbocycles. The van der Waals surface area contributed by atoms with Crippen LogP contribution in [-0.2, 0) is 5.54 Å². The first-order chi connectivity index (χ1) is 11.7. The molecule has 138 valence electrons. The Labute approximate surface area is 149 Å². The molecule has 2 heteroatoms. The molecule has 0 fully saturated rings. The number of benzene rings is 1. The van der Waals surface area contributed by atoms with Crippen LogP contribution in [-0.4, -0.2) is 11.7 Å². The molecule has 0 aliphatic rings. The second-order valence-electron chi connectivity index (χ2n) is 7.32. The fourth-order valence-corrected chi connectivity index (χ4v) is 3.37. The molecule has 2 nitrogen and oxygen atoms in total. The highest BCUT2D eigenvalue weighted by molar-refractivity contribution is 5.23. The van der Waals surface area contributed by atoms with Gasteiger partial charge in [0.05, 0.1) is 12.1 Å². The van der Waals surface area contributed by atoms with Gasteiger partial charge in [-0.3, -0.25) is 0 Å². The lowest BCUT2D eigenvalue weighted by Crippen LogP contribution is -2.40. The topological polar surface area (TPSA) is 46.2 Å². The van der Waals surface area contributed by atoms with Gasteiger partial charge in [-0.2, -0.15) is 0 Å². The van der Waals surface area contributed by atoms with E-state index in [0.29, 0.717) is 0 Å². The summed E-state index contributed by atoms with van der Waals surface area (Å²) in [6.07, 6.45) is 17.0. The molecule has 1 rings (SSSR count). The molecule has 0 amide bonds. The fraction of sp³-hybridized carbons (Fsp3) is 0.727. The summed E-state index contributed by atoms with van der Waals surface area (Å²) in [6, 6.07) is 10.0. The Morgan fingerprint density at radius 1 is 0.750 bits per heavy atom. The molecule has 24 heavy (non-hydrogen) atoms. The Morgan fingerprint density at radius 3 is 1.67 bits per heavy atom. The predicted octanol–water partition coefficient (Wildman–Crippen LogP) is 5.92. The molecule has 0 saturated carbocycles. The number of aliphatic hydroxyl groups excluding tert-OH is 1. The molecule has 0 aliphatic carbocycles. The zero-order valence-electron chi connectivity index (χ0n) is 15.8. The monoisotopic (exact) mass is 333 g/mol. The van der Waals surface area contributed by atoms with Crippen molar-refractivity contribution < 1.29 is 5.11 Å². The highest BCUT2D eigenvalue weighted by atomic mass is 16.3. The van der Waals surface area contributed by atoms with Crippen LogP contribution in [0.1, 0.15) is 96.0 Å². The van der Waals surface area contributed by atoms with Gasteiger partial charge in [0.15, 0.2) is 0 Å². The third kappa shape index (κ3) is 8.84. The maximum absolute atomic E-state index is 9.69. The minimum atomic E-state index is -0.570. The van der Waals surface area contributed by atoms with Gasteiger partial charge >= 0.3 is 0 Å². The van der Waals surface area contributed by atoms with Gasteiger partial charge in [-0.1, -0.05) is 114 Å². The minimum absolute atomic E-state index is 0.0229. The summed E-state index contributed by atoms with van der Waals surface area (Å²) < 4.78 is 0. The first kappa shape index (κ1) is 21.2. The van der Waals surface area contributed by atoms with E-state index in [2.05, 4.69) is 6.92 Å². The molecule has 0 spiro atoms. The molecular weight excluding hydrogens is 294 g/mol. The summed E-state index contributed by atoms with van der Waals surface area (Å²) in [5, 5.41) is 9.69. The van der Waals surface area contributed by atoms with Crippen LogP contribution in [0.25, 0.3) is 0 Å². The van der Waals surface area contributed by atoms with E-state index in [4.69, 9.17) is 5.73 Å².